The zero-order valence-corrected chi connectivity index (χ0v) is 12.1. The van der Waals surface area contributed by atoms with E-state index in [-0.39, 0.29) is 5.69 Å². The van der Waals surface area contributed by atoms with Gasteiger partial charge in [0.1, 0.15) is 5.69 Å². The molecule has 1 rings (SSSR count). The molecular weight excluding hydrogens is 339 g/mol. The van der Waals surface area contributed by atoms with Gasteiger partial charge in [0.2, 0.25) is 0 Å². The Morgan fingerprint density at radius 2 is 2.12 bits per heavy atom. The average Bonchev–Trinajstić information content (AvgIpc) is 2.38. The minimum atomic E-state index is -0.500. The molecule has 0 fully saturated rings. The third kappa shape index (κ3) is 5.32. The van der Waals surface area contributed by atoms with Crippen LogP contribution in [0.4, 0.5) is 0 Å². The highest BCUT2D eigenvalue weighted by Gasteiger charge is 2.06. The Hall–Kier alpha value is -0.810. The van der Waals surface area contributed by atoms with Gasteiger partial charge in [0, 0.05) is 21.2 Å². The molecule has 0 saturated carbocycles. The SMILES string of the molecule is CC.COC(=O)c1ccc(C#CSI)nn1. The lowest BCUT2D eigenvalue weighted by Gasteiger charge is -1.95. The quantitative estimate of drug-likeness (QED) is 0.443. The van der Waals surface area contributed by atoms with Gasteiger partial charge in [0.15, 0.2) is 5.69 Å². The van der Waals surface area contributed by atoms with Gasteiger partial charge >= 0.3 is 5.97 Å². The zero-order chi connectivity index (χ0) is 12.4. The van der Waals surface area contributed by atoms with Crippen LogP contribution in [0.25, 0.3) is 0 Å². The van der Waals surface area contributed by atoms with Crippen molar-refractivity contribution >= 4 is 36.1 Å². The Morgan fingerprint density at radius 3 is 2.56 bits per heavy atom. The molecule has 0 unspecified atom stereocenters. The van der Waals surface area contributed by atoms with Crippen LogP contribution in [0.3, 0.4) is 0 Å². The van der Waals surface area contributed by atoms with Gasteiger partial charge in [0.05, 0.1) is 7.11 Å². The first-order chi connectivity index (χ1) is 7.77. The minimum absolute atomic E-state index is 0.181. The van der Waals surface area contributed by atoms with Gasteiger partial charge in [-0.2, -0.15) is 0 Å². The molecule has 0 aliphatic rings. The van der Waals surface area contributed by atoms with E-state index in [0.29, 0.717) is 5.69 Å². The van der Waals surface area contributed by atoms with Crippen LogP contribution in [0.5, 0.6) is 0 Å². The number of hydrogen-bond acceptors (Lipinski definition) is 5. The van der Waals surface area contributed by atoms with Crippen LogP contribution < -0.4 is 0 Å². The number of carbonyl (C=O) groups excluding carboxylic acids is 1. The van der Waals surface area contributed by atoms with Crippen molar-refractivity contribution in [3.8, 4) is 11.2 Å². The fraction of sp³-hybridized carbons (Fsp3) is 0.300. The molecule has 0 bridgehead atoms. The van der Waals surface area contributed by atoms with E-state index in [1.165, 1.54) is 22.1 Å². The summed E-state index contributed by atoms with van der Waals surface area (Å²) < 4.78 is 4.47. The monoisotopic (exact) mass is 350 g/mol. The van der Waals surface area contributed by atoms with Gasteiger partial charge in [-0.05, 0) is 32.2 Å². The molecule has 0 amide bonds. The average molecular weight is 350 g/mol. The van der Waals surface area contributed by atoms with Crippen LogP contribution >= 0.6 is 30.1 Å². The number of hydrogen-bond donors (Lipinski definition) is 0. The van der Waals surface area contributed by atoms with Crippen LogP contribution in [0, 0.1) is 11.2 Å². The molecule has 1 heterocycles. The van der Waals surface area contributed by atoms with Crippen molar-refractivity contribution in [2.45, 2.75) is 13.8 Å². The maximum absolute atomic E-state index is 11.0. The molecule has 0 aliphatic heterocycles. The maximum Gasteiger partial charge on any atom is 0.358 e. The van der Waals surface area contributed by atoms with Crippen molar-refractivity contribution in [2.75, 3.05) is 7.11 Å². The Balaban J connectivity index is 0.00000106. The number of esters is 1. The molecule has 86 valence electrons. The molecule has 1 aromatic heterocycles. The Labute approximate surface area is 111 Å². The van der Waals surface area contributed by atoms with Crippen LogP contribution in [-0.2, 0) is 4.74 Å². The van der Waals surface area contributed by atoms with Crippen LogP contribution in [0.15, 0.2) is 12.1 Å². The molecule has 0 aliphatic carbocycles. The van der Waals surface area contributed by atoms with Gasteiger partial charge in [0.25, 0.3) is 0 Å². The summed E-state index contributed by atoms with van der Waals surface area (Å²) in [5, 5.41) is 10.2. The van der Waals surface area contributed by atoms with Gasteiger partial charge < -0.3 is 4.74 Å². The summed E-state index contributed by atoms with van der Waals surface area (Å²) in [5.41, 5.74) is 0.710. The number of nitrogens with zero attached hydrogens (tertiary/aromatic N) is 2. The number of rotatable bonds is 1. The van der Waals surface area contributed by atoms with E-state index < -0.39 is 5.97 Å². The summed E-state index contributed by atoms with van der Waals surface area (Å²) in [6, 6.07) is 3.15. The lowest BCUT2D eigenvalue weighted by molar-refractivity contribution is 0.0592. The molecule has 16 heavy (non-hydrogen) atoms. The smallest absolute Gasteiger partial charge is 0.358 e. The van der Waals surface area contributed by atoms with E-state index in [1.54, 1.807) is 6.07 Å². The fourth-order valence-electron chi connectivity index (χ4n) is 0.684. The molecular formula is C10H11IN2O2S. The zero-order valence-electron chi connectivity index (χ0n) is 9.15. The molecule has 6 heteroatoms. The van der Waals surface area contributed by atoms with E-state index in [0.717, 1.165) is 0 Å². The minimum Gasteiger partial charge on any atom is -0.464 e. The Bertz CT molecular complexity index is 384. The van der Waals surface area contributed by atoms with Crippen molar-refractivity contribution in [1.29, 1.82) is 0 Å². The molecule has 0 spiro atoms. The molecule has 4 nitrogen and oxygen atoms in total. The molecule has 0 radical (unpaired) electrons. The van der Waals surface area contributed by atoms with Gasteiger partial charge in [-0.3, -0.25) is 0 Å². The summed E-state index contributed by atoms with van der Waals surface area (Å²) in [5.74, 6) is 2.26. The van der Waals surface area contributed by atoms with Gasteiger partial charge in [-0.15, -0.1) is 10.2 Å². The van der Waals surface area contributed by atoms with E-state index in [1.807, 2.05) is 13.8 Å². The highest BCUT2D eigenvalue weighted by atomic mass is 127. The normalized spacial score (nSPS) is 8.00. The summed E-state index contributed by atoms with van der Waals surface area (Å²) in [4.78, 5) is 11.0. The predicted molar refractivity (Wildman–Crippen MR) is 73.2 cm³/mol. The largest absolute Gasteiger partial charge is 0.464 e. The number of methoxy groups -OCH3 is 1. The van der Waals surface area contributed by atoms with Crippen molar-refractivity contribution < 1.29 is 9.53 Å². The van der Waals surface area contributed by atoms with E-state index >= 15 is 0 Å². The first-order valence-corrected chi connectivity index (χ1v) is 7.84. The highest BCUT2D eigenvalue weighted by Crippen LogP contribution is 2.07. The van der Waals surface area contributed by atoms with Crippen LogP contribution in [-0.4, -0.2) is 23.3 Å². The van der Waals surface area contributed by atoms with Gasteiger partial charge in [-0.25, -0.2) is 4.79 Å². The van der Waals surface area contributed by atoms with Crippen molar-refractivity contribution in [1.82, 2.24) is 10.2 Å². The first-order valence-electron chi connectivity index (χ1n) is 4.48. The van der Waals surface area contributed by atoms with E-state index in [9.17, 15) is 4.79 Å². The molecule has 0 N–H and O–H groups in total. The van der Waals surface area contributed by atoms with Crippen LogP contribution in [0.1, 0.15) is 30.0 Å². The lowest BCUT2D eigenvalue weighted by Crippen LogP contribution is -2.05. The third-order valence-corrected chi connectivity index (χ3v) is 2.12. The molecule has 0 aromatic carbocycles. The number of halogens is 1. The maximum atomic E-state index is 11.0. The Kier molecular flexibility index (Phi) is 8.94. The summed E-state index contributed by atoms with van der Waals surface area (Å²) >= 11 is 2.06. The van der Waals surface area contributed by atoms with Crippen molar-refractivity contribution in [3.05, 3.63) is 23.5 Å². The number of carbonyl (C=O) groups is 1. The van der Waals surface area contributed by atoms with Gasteiger partial charge in [-0.1, -0.05) is 13.8 Å². The standard InChI is InChI=1S/C8H5IN2O2S.C2H6/c1-13-8(12)7-3-2-6(10-11-7)4-5-14-9;1-2/h2-3H,1H3;1-2H3. The fourth-order valence-corrected chi connectivity index (χ4v) is 1.16. The topological polar surface area (TPSA) is 52.1 Å². The Morgan fingerprint density at radius 1 is 1.44 bits per heavy atom. The molecule has 1 aromatic rings. The summed E-state index contributed by atoms with van der Waals surface area (Å²) in [6.07, 6.45) is 0. The summed E-state index contributed by atoms with van der Waals surface area (Å²) in [7, 11) is 2.66. The highest BCUT2D eigenvalue weighted by molar-refractivity contribution is 14.2. The first kappa shape index (κ1) is 15.2. The van der Waals surface area contributed by atoms with Crippen molar-refractivity contribution in [3.63, 3.8) is 0 Å². The third-order valence-electron chi connectivity index (χ3n) is 1.28. The van der Waals surface area contributed by atoms with Crippen LogP contribution in [0.2, 0.25) is 0 Å². The second-order valence-electron chi connectivity index (χ2n) is 2.10. The number of aromatic nitrogens is 2. The molecule has 0 atom stereocenters. The number of ether oxygens (including phenoxy) is 1. The van der Waals surface area contributed by atoms with Crippen molar-refractivity contribution in [2.24, 2.45) is 0 Å². The van der Waals surface area contributed by atoms with E-state index in [2.05, 4.69) is 47.3 Å². The predicted octanol–water partition coefficient (Wildman–Crippen LogP) is 2.68. The summed E-state index contributed by atoms with van der Waals surface area (Å²) in [6.45, 7) is 4.00. The second-order valence-corrected chi connectivity index (χ2v) is 3.78. The second kappa shape index (κ2) is 9.42. The molecule has 0 saturated heterocycles. The van der Waals surface area contributed by atoms with E-state index in [4.69, 9.17) is 0 Å². The lowest BCUT2D eigenvalue weighted by atomic mass is 10.3.